The lowest BCUT2D eigenvalue weighted by Gasteiger charge is -2.27. The van der Waals surface area contributed by atoms with E-state index in [1.807, 2.05) is 31.2 Å². The average Bonchev–Trinajstić information content (AvgIpc) is 3.14. The summed E-state index contributed by atoms with van der Waals surface area (Å²) in [6, 6.07) is 7.32. The van der Waals surface area contributed by atoms with Crippen LogP contribution >= 0.6 is 0 Å². The predicted octanol–water partition coefficient (Wildman–Crippen LogP) is 1.68. The van der Waals surface area contributed by atoms with Crippen molar-refractivity contribution in [3.63, 3.8) is 0 Å². The van der Waals surface area contributed by atoms with Gasteiger partial charge in [-0.05, 0) is 44.2 Å². The standard InChI is InChI=1S/C18H24N4O2/c1-14-15(5-6-16(21-14)17-4-2-13-24-17)18(23)20-7-3-10-22-11-8-19-9-12-22/h2,4-6,13,19H,3,7-12H2,1H3,(H,20,23). The molecule has 6 nitrogen and oxygen atoms in total. The predicted molar refractivity (Wildman–Crippen MR) is 92.9 cm³/mol. The van der Waals surface area contributed by atoms with Gasteiger partial charge in [-0.1, -0.05) is 0 Å². The Bertz CT molecular complexity index is 664. The number of amides is 1. The zero-order valence-corrected chi connectivity index (χ0v) is 14.0. The van der Waals surface area contributed by atoms with E-state index in [1.165, 1.54) is 0 Å². The Balaban J connectivity index is 1.49. The molecule has 6 heteroatoms. The first-order chi connectivity index (χ1) is 11.7. The summed E-state index contributed by atoms with van der Waals surface area (Å²) in [5, 5.41) is 6.33. The molecule has 2 aromatic rings. The van der Waals surface area contributed by atoms with Crippen molar-refractivity contribution >= 4 is 5.91 Å². The molecule has 0 aromatic carbocycles. The monoisotopic (exact) mass is 328 g/mol. The van der Waals surface area contributed by atoms with Crippen LogP contribution in [-0.4, -0.2) is 55.1 Å². The molecule has 128 valence electrons. The molecule has 3 heterocycles. The molecule has 2 aromatic heterocycles. The molecule has 2 N–H and O–H groups in total. The van der Waals surface area contributed by atoms with E-state index in [1.54, 1.807) is 6.26 Å². The van der Waals surface area contributed by atoms with E-state index in [4.69, 9.17) is 4.42 Å². The Morgan fingerprint density at radius 1 is 1.33 bits per heavy atom. The molecule has 1 saturated heterocycles. The largest absolute Gasteiger partial charge is 0.463 e. The Morgan fingerprint density at radius 2 is 2.17 bits per heavy atom. The molecule has 1 amide bonds. The molecule has 0 spiro atoms. The maximum absolute atomic E-state index is 12.3. The Morgan fingerprint density at radius 3 is 2.88 bits per heavy atom. The van der Waals surface area contributed by atoms with Gasteiger partial charge >= 0.3 is 0 Å². The molecule has 0 atom stereocenters. The lowest BCUT2D eigenvalue weighted by atomic mass is 10.1. The molecular weight excluding hydrogens is 304 g/mol. The normalized spacial score (nSPS) is 15.4. The Labute approximate surface area is 142 Å². The number of aromatic nitrogens is 1. The van der Waals surface area contributed by atoms with Crippen LogP contribution in [0.25, 0.3) is 11.5 Å². The lowest BCUT2D eigenvalue weighted by Crippen LogP contribution is -2.44. The van der Waals surface area contributed by atoms with Crippen molar-refractivity contribution in [1.29, 1.82) is 0 Å². The van der Waals surface area contributed by atoms with Crippen LogP contribution in [0, 0.1) is 6.92 Å². The van der Waals surface area contributed by atoms with Crippen LogP contribution in [0.3, 0.4) is 0 Å². The van der Waals surface area contributed by atoms with Crippen molar-refractivity contribution < 1.29 is 9.21 Å². The number of hydrogen-bond donors (Lipinski definition) is 2. The zero-order valence-electron chi connectivity index (χ0n) is 14.0. The van der Waals surface area contributed by atoms with Crippen LogP contribution in [0.1, 0.15) is 22.5 Å². The van der Waals surface area contributed by atoms with Crippen LogP contribution in [0.4, 0.5) is 0 Å². The van der Waals surface area contributed by atoms with Crippen LogP contribution in [0.2, 0.25) is 0 Å². The third kappa shape index (κ3) is 4.21. The van der Waals surface area contributed by atoms with Gasteiger partial charge in [0.1, 0.15) is 5.69 Å². The second-order valence-corrected chi connectivity index (χ2v) is 6.01. The quantitative estimate of drug-likeness (QED) is 0.790. The number of pyridine rings is 1. The Kier molecular flexibility index (Phi) is 5.61. The molecule has 0 bridgehead atoms. The highest BCUT2D eigenvalue weighted by atomic mass is 16.3. The van der Waals surface area contributed by atoms with E-state index in [9.17, 15) is 4.79 Å². The highest BCUT2D eigenvalue weighted by Crippen LogP contribution is 2.19. The average molecular weight is 328 g/mol. The number of rotatable bonds is 6. The highest BCUT2D eigenvalue weighted by Gasteiger charge is 2.13. The van der Waals surface area contributed by atoms with Crippen LogP contribution in [0.5, 0.6) is 0 Å². The van der Waals surface area contributed by atoms with Gasteiger partial charge in [0.2, 0.25) is 0 Å². The van der Waals surface area contributed by atoms with Crippen molar-refractivity contribution in [1.82, 2.24) is 20.5 Å². The third-order valence-corrected chi connectivity index (χ3v) is 4.25. The SMILES string of the molecule is Cc1nc(-c2ccco2)ccc1C(=O)NCCCN1CCNCC1. The molecule has 24 heavy (non-hydrogen) atoms. The molecule has 1 fully saturated rings. The third-order valence-electron chi connectivity index (χ3n) is 4.25. The van der Waals surface area contributed by atoms with Gasteiger partial charge in [0, 0.05) is 32.7 Å². The number of aryl methyl sites for hydroxylation is 1. The first kappa shape index (κ1) is 16.7. The summed E-state index contributed by atoms with van der Waals surface area (Å²) in [4.78, 5) is 19.2. The molecule has 1 aliphatic rings. The van der Waals surface area contributed by atoms with Crippen LogP contribution in [0.15, 0.2) is 34.9 Å². The molecular formula is C18H24N4O2. The van der Waals surface area contributed by atoms with Gasteiger partial charge in [-0.3, -0.25) is 4.79 Å². The maximum Gasteiger partial charge on any atom is 0.253 e. The maximum atomic E-state index is 12.3. The highest BCUT2D eigenvalue weighted by molar-refractivity contribution is 5.95. The van der Waals surface area contributed by atoms with Gasteiger partial charge in [-0.25, -0.2) is 4.98 Å². The summed E-state index contributed by atoms with van der Waals surface area (Å²) < 4.78 is 5.34. The van der Waals surface area contributed by atoms with Gasteiger partial charge < -0.3 is 20.0 Å². The zero-order chi connectivity index (χ0) is 16.8. The summed E-state index contributed by atoms with van der Waals surface area (Å²) in [6.45, 7) is 7.84. The van der Waals surface area contributed by atoms with E-state index in [2.05, 4.69) is 20.5 Å². The summed E-state index contributed by atoms with van der Waals surface area (Å²) in [7, 11) is 0. The van der Waals surface area contributed by atoms with E-state index in [0.29, 0.717) is 23.6 Å². The minimum atomic E-state index is -0.0636. The minimum Gasteiger partial charge on any atom is -0.463 e. The lowest BCUT2D eigenvalue weighted by molar-refractivity contribution is 0.0950. The number of carbonyl (C=O) groups is 1. The minimum absolute atomic E-state index is 0.0636. The van der Waals surface area contributed by atoms with Crippen LogP contribution < -0.4 is 10.6 Å². The van der Waals surface area contributed by atoms with E-state index < -0.39 is 0 Å². The second kappa shape index (κ2) is 8.08. The van der Waals surface area contributed by atoms with E-state index in [0.717, 1.165) is 44.8 Å². The van der Waals surface area contributed by atoms with E-state index >= 15 is 0 Å². The smallest absolute Gasteiger partial charge is 0.253 e. The van der Waals surface area contributed by atoms with Gasteiger partial charge in [0.05, 0.1) is 17.5 Å². The molecule has 0 aliphatic carbocycles. The van der Waals surface area contributed by atoms with Gasteiger partial charge in [0.25, 0.3) is 5.91 Å². The molecule has 0 saturated carbocycles. The first-order valence-corrected chi connectivity index (χ1v) is 8.47. The summed E-state index contributed by atoms with van der Waals surface area (Å²) in [6.07, 6.45) is 2.58. The van der Waals surface area contributed by atoms with E-state index in [-0.39, 0.29) is 5.91 Å². The number of furan rings is 1. The molecule has 1 aliphatic heterocycles. The molecule has 3 rings (SSSR count). The number of nitrogens with zero attached hydrogens (tertiary/aromatic N) is 2. The van der Waals surface area contributed by atoms with Crippen molar-refractivity contribution in [3.05, 3.63) is 41.8 Å². The first-order valence-electron chi connectivity index (χ1n) is 8.47. The molecule has 0 radical (unpaired) electrons. The van der Waals surface area contributed by atoms with Crippen molar-refractivity contribution in [2.75, 3.05) is 39.3 Å². The number of hydrogen-bond acceptors (Lipinski definition) is 5. The summed E-state index contributed by atoms with van der Waals surface area (Å²) >= 11 is 0. The second-order valence-electron chi connectivity index (χ2n) is 6.01. The van der Waals surface area contributed by atoms with Crippen molar-refractivity contribution in [2.24, 2.45) is 0 Å². The van der Waals surface area contributed by atoms with Crippen molar-refractivity contribution in [3.8, 4) is 11.5 Å². The number of piperazine rings is 1. The summed E-state index contributed by atoms with van der Waals surface area (Å²) in [5.74, 6) is 0.646. The molecule has 0 unspecified atom stereocenters. The fraction of sp³-hybridized carbons (Fsp3) is 0.444. The fourth-order valence-electron chi connectivity index (χ4n) is 2.90. The van der Waals surface area contributed by atoms with Gasteiger partial charge in [0.15, 0.2) is 5.76 Å². The topological polar surface area (TPSA) is 70.4 Å². The fourth-order valence-corrected chi connectivity index (χ4v) is 2.90. The van der Waals surface area contributed by atoms with Crippen molar-refractivity contribution in [2.45, 2.75) is 13.3 Å². The number of nitrogens with one attached hydrogen (secondary N) is 2. The van der Waals surface area contributed by atoms with Gasteiger partial charge in [-0.15, -0.1) is 0 Å². The Hall–Kier alpha value is -2.18. The van der Waals surface area contributed by atoms with Crippen LogP contribution in [-0.2, 0) is 0 Å². The summed E-state index contributed by atoms with van der Waals surface area (Å²) in [5.41, 5.74) is 2.07. The number of carbonyl (C=O) groups excluding carboxylic acids is 1. The van der Waals surface area contributed by atoms with Gasteiger partial charge in [-0.2, -0.15) is 0 Å².